The van der Waals surface area contributed by atoms with Gasteiger partial charge in [-0.25, -0.2) is 0 Å². The van der Waals surface area contributed by atoms with E-state index >= 15 is 0 Å². The molecule has 4 N–H and O–H groups in total. The minimum absolute atomic E-state index is 0.0261. The number of nitrogens with two attached hydrogens (primary N) is 1. The minimum atomic E-state index is -0.699. The van der Waals surface area contributed by atoms with Gasteiger partial charge in [0, 0.05) is 0 Å². The van der Waals surface area contributed by atoms with Crippen molar-refractivity contribution in [2.24, 2.45) is 5.73 Å². The summed E-state index contributed by atoms with van der Waals surface area (Å²) >= 11 is 0. The van der Waals surface area contributed by atoms with Crippen LogP contribution in [0.15, 0.2) is 0 Å². The number of rotatable bonds is 2. The molecule has 0 atom stereocenters. The molecule has 0 aliphatic heterocycles. The van der Waals surface area contributed by atoms with E-state index in [0.717, 1.165) is 0 Å². The lowest BCUT2D eigenvalue weighted by Gasteiger charge is -1.90. The maximum absolute atomic E-state index is 10.5. The molecule has 5 heteroatoms. The molecule has 1 aromatic heterocycles. The molecule has 0 bridgehead atoms. The molecule has 0 radical (unpaired) electrons. The van der Waals surface area contributed by atoms with Gasteiger partial charge in [-0.1, -0.05) is 6.92 Å². The molecular weight excluding hydrogens is 146 g/mol. The summed E-state index contributed by atoms with van der Waals surface area (Å²) in [5, 5.41) is 15.2. The number of aryl methyl sites for hydroxylation is 1. The second kappa shape index (κ2) is 2.61. The lowest BCUT2D eigenvalue weighted by Crippen LogP contribution is -2.11. The van der Waals surface area contributed by atoms with Gasteiger partial charge in [0.2, 0.25) is 0 Å². The van der Waals surface area contributed by atoms with E-state index in [1.54, 1.807) is 0 Å². The van der Waals surface area contributed by atoms with Crippen molar-refractivity contribution < 1.29 is 9.90 Å². The SMILES string of the molecule is CCc1n[nH]c(C(N)=O)c1O. The van der Waals surface area contributed by atoms with Crippen LogP contribution in [0.4, 0.5) is 0 Å². The first kappa shape index (κ1) is 7.59. The number of nitrogens with zero attached hydrogens (tertiary/aromatic N) is 1. The predicted molar refractivity (Wildman–Crippen MR) is 38.1 cm³/mol. The molecule has 0 aromatic carbocycles. The van der Waals surface area contributed by atoms with Crippen molar-refractivity contribution in [1.82, 2.24) is 10.2 Å². The molecule has 0 saturated heterocycles. The Balaban J connectivity index is 3.10. The van der Waals surface area contributed by atoms with Gasteiger partial charge < -0.3 is 10.8 Å². The molecule has 1 aromatic rings. The van der Waals surface area contributed by atoms with Crippen LogP contribution < -0.4 is 5.73 Å². The van der Waals surface area contributed by atoms with Crippen LogP contribution in [0.2, 0.25) is 0 Å². The molecule has 11 heavy (non-hydrogen) atoms. The Labute approximate surface area is 63.2 Å². The van der Waals surface area contributed by atoms with Crippen LogP contribution in [0.1, 0.15) is 23.1 Å². The number of hydrogen-bond acceptors (Lipinski definition) is 3. The zero-order valence-corrected chi connectivity index (χ0v) is 6.09. The summed E-state index contributed by atoms with van der Waals surface area (Å²) < 4.78 is 0. The maximum atomic E-state index is 10.5. The molecular formula is C6H9N3O2. The number of aromatic nitrogens is 2. The number of aromatic hydroxyl groups is 1. The van der Waals surface area contributed by atoms with E-state index in [2.05, 4.69) is 10.2 Å². The van der Waals surface area contributed by atoms with Crippen molar-refractivity contribution in [3.8, 4) is 5.75 Å². The summed E-state index contributed by atoms with van der Waals surface area (Å²) in [5.41, 5.74) is 5.34. The molecule has 5 nitrogen and oxygen atoms in total. The van der Waals surface area contributed by atoms with E-state index in [1.807, 2.05) is 6.92 Å². The second-order valence-corrected chi connectivity index (χ2v) is 2.11. The summed E-state index contributed by atoms with van der Waals surface area (Å²) in [6.07, 6.45) is 0.565. The Bertz CT molecular complexity index is 279. The topological polar surface area (TPSA) is 92.0 Å². The monoisotopic (exact) mass is 155 g/mol. The fraction of sp³-hybridized carbons (Fsp3) is 0.333. The first-order chi connectivity index (χ1) is 5.16. The predicted octanol–water partition coefficient (Wildman–Crippen LogP) is -0.223. The highest BCUT2D eigenvalue weighted by Gasteiger charge is 2.13. The van der Waals surface area contributed by atoms with Crippen molar-refractivity contribution in [2.45, 2.75) is 13.3 Å². The second-order valence-electron chi connectivity index (χ2n) is 2.11. The fourth-order valence-corrected chi connectivity index (χ4v) is 0.792. The molecule has 1 rings (SSSR count). The van der Waals surface area contributed by atoms with Crippen LogP contribution in [0.3, 0.4) is 0 Å². The van der Waals surface area contributed by atoms with E-state index in [-0.39, 0.29) is 11.4 Å². The van der Waals surface area contributed by atoms with Gasteiger partial charge in [-0.05, 0) is 6.42 Å². The van der Waals surface area contributed by atoms with Crippen LogP contribution >= 0.6 is 0 Å². The first-order valence-electron chi connectivity index (χ1n) is 3.22. The maximum Gasteiger partial charge on any atom is 0.270 e. The third-order valence-corrected chi connectivity index (χ3v) is 1.39. The molecule has 0 aliphatic carbocycles. The Morgan fingerprint density at radius 2 is 2.45 bits per heavy atom. The number of aromatic amines is 1. The van der Waals surface area contributed by atoms with Gasteiger partial charge in [0.25, 0.3) is 5.91 Å². The van der Waals surface area contributed by atoms with E-state index < -0.39 is 5.91 Å². The van der Waals surface area contributed by atoms with Crippen LogP contribution in [0.5, 0.6) is 5.75 Å². The smallest absolute Gasteiger partial charge is 0.270 e. The number of H-pyrrole nitrogens is 1. The standard InChI is InChI=1S/C6H9N3O2/c1-2-3-5(10)4(6(7)11)9-8-3/h10H,2H2,1H3,(H2,7,11)(H,8,9). The van der Waals surface area contributed by atoms with Crippen molar-refractivity contribution >= 4 is 5.91 Å². The number of hydrogen-bond donors (Lipinski definition) is 3. The Morgan fingerprint density at radius 1 is 1.82 bits per heavy atom. The average molecular weight is 155 g/mol. The first-order valence-corrected chi connectivity index (χ1v) is 3.22. The van der Waals surface area contributed by atoms with Gasteiger partial charge in [0.15, 0.2) is 11.4 Å². The van der Waals surface area contributed by atoms with E-state index in [0.29, 0.717) is 12.1 Å². The molecule has 60 valence electrons. The van der Waals surface area contributed by atoms with Gasteiger partial charge in [-0.3, -0.25) is 9.89 Å². The highest BCUT2D eigenvalue weighted by atomic mass is 16.3. The zero-order valence-electron chi connectivity index (χ0n) is 6.09. The summed E-state index contributed by atoms with van der Waals surface area (Å²) in [4.78, 5) is 10.5. The minimum Gasteiger partial charge on any atom is -0.504 e. The molecule has 1 heterocycles. The lowest BCUT2D eigenvalue weighted by molar-refractivity contribution is 0.0993. The quantitative estimate of drug-likeness (QED) is 0.551. The van der Waals surface area contributed by atoms with Gasteiger partial charge in [-0.2, -0.15) is 5.10 Å². The number of carbonyl (C=O) groups is 1. The Hall–Kier alpha value is -1.52. The lowest BCUT2D eigenvalue weighted by atomic mass is 10.2. The summed E-state index contributed by atoms with van der Waals surface area (Å²) in [6.45, 7) is 1.82. The highest BCUT2D eigenvalue weighted by molar-refractivity contribution is 5.93. The zero-order chi connectivity index (χ0) is 8.43. The number of amides is 1. The van der Waals surface area contributed by atoms with Gasteiger partial charge in [0.1, 0.15) is 5.69 Å². The molecule has 0 fully saturated rings. The number of primary amides is 1. The largest absolute Gasteiger partial charge is 0.504 e. The molecule has 1 amide bonds. The van der Waals surface area contributed by atoms with E-state index in [1.165, 1.54) is 0 Å². The Kier molecular flexibility index (Phi) is 1.80. The van der Waals surface area contributed by atoms with Crippen LogP contribution in [0.25, 0.3) is 0 Å². The molecule has 0 unspecified atom stereocenters. The van der Waals surface area contributed by atoms with Crippen molar-refractivity contribution in [3.63, 3.8) is 0 Å². The third kappa shape index (κ3) is 1.17. The molecule has 0 spiro atoms. The third-order valence-electron chi connectivity index (χ3n) is 1.39. The van der Waals surface area contributed by atoms with Gasteiger partial charge >= 0.3 is 0 Å². The fourth-order valence-electron chi connectivity index (χ4n) is 0.792. The van der Waals surface area contributed by atoms with Gasteiger partial charge in [0.05, 0.1) is 0 Å². The van der Waals surface area contributed by atoms with Crippen LogP contribution in [-0.2, 0) is 6.42 Å². The van der Waals surface area contributed by atoms with Crippen molar-refractivity contribution in [1.29, 1.82) is 0 Å². The number of nitrogens with one attached hydrogen (secondary N) is 1. The average Bonchev–Trinajstić information content (AvgIpc) is 2.30. The molecule has 0 saturated carbocycles. The normalized spacial score (nSPS) is 9.91. The summed E-state index contributed by atoms with van der Waals surface area (Å²) in [7, 11) is 0. The van der Waals surface area contributed by atoms with Crippen molar-refractivity contribution in [3.05, 3.63) is 11.4 Å². The van der Waals surface area contributed by atoms with Crippen molar-refractivity contribution in [2.75, 3.05) is 0 Å². The summed E-state index contributed by atoms with van der Waals surface area (Å²) in [5.74, 6) is -0.838. The van der Waals surface area contributed by atoms with Crippen LogP contribution in [-0.4, -0.2) is 21.2 Å². The molecule has 0 aliphatic rings. The summed E-state index contributed by atoms with van der Waals surface area (Å²) in [6, 6.07) is 0. The Morgan fingerprint density at radius 3 is 2.73 bits per heavy atom. The van der Waals surface area contributed by atoms with Gasteiger partial charge in [-0.15, -0.1) is 0 Å². The highest BCUT2D eigenvalue weighted by Crippen LogP contribution is 2.18. The number of carbonyl (C=O) groups excluding carboxylic acids is 1. The van der Waals surface area contributed by atoms with Crippen LogP contribution in [0, 0.1) is 0 Å². The van der Waals surface area contributed by atoms with E-state index in [9.17, 15) is 9.90 Å². The van der Waals surface area contributed by atoms with E-state index in [4.69, 9.17) is 5.73 Å².